The van der Waals surface area contributed by atoms with E-state index in [0.29, 0.717) is 39.3 Å². The molecule has 1 atom stereocenters. The molecule has 0 aromatic rings. The van der Waals surface area contributed by atoms with Crippen molar-refractivity contribution >= 4 is 11.6 Å². The Bertz CT molecular complexity index is 253. The molecule has 0 bridgehead atoms. The molecule has 0 aliphatic rings. The van der Waals surface area contributed by atoms with Crippen molar-refractivity contribution < 1.29 is 19.1 Å². The fourth-order valence-corrected chi connectivity index (χ4v) is 1.19. The maximum atomic E-state index is 11.3. The Labute approximate surface area is 109 Å². The van der Waals surface area contributed by atoms with Crippen molar-refractivity contribution in [1.82, 2.24) is 0 Å². The maximum Gasteiger partial charge on any atom is 0.137 e. The molecule has 0 spiro atoms. The number of carbonyl (C=O) groups is 2. The van der Waals surface area contributed by atoms with Crippen LogP contribution in [0.2, 0.25) is 0 Å². The molecule has 0 saturated heterocycles. The summed E-state index contributed by atoms with van der Waals surface area (Å²) in [5.74, 6) is 0.352. The van der Waals surface area contributed by atoms with E-state index in [0.717, 1.165) is 0 Å². The lowest BCUT2D eigenvalue weighted by atomic mass is 10.1. The Hall–Kier alpha value is -0.780. The van der Waals surface area contributed by atoms with Crippen molar-refractivity contribution in [3.05, 3.63) is 0 Å². The summed E-state index contributed by atoms with van der Waals surface area (Å²) in [5, 5.41) is 0. The summed E-state index contributed by atoms with van der Waals surface area (Å²) < 4.78 is 10.5. The van der Waals surface area contributed by atoms with Gasteiger partial charge in [0.15, 0.2) is 0 Å². The number of hydrogen-bond donors (Lipinski definition) is 1. The summed E-state index contributed by atoms with van der Waals surface area (Å²) >= 11 is 0. The van der Waals surface area contributed by atoms with Gasteiger partial charge in [0, 0.05) is 18.8 Å². The molecule has 5 heteroatoms. The zero-order chi connectivity index (χ0) is 14.0. The lowest BCUT2D eigenvalue weighted by molar-refractivity contribution is -0.123. The highest BCUT2D eigenvalue weighted by molar-refractivity contribution is 5.80. The molecule has 0 heterocycles. The molecule has 0 rings (SSSR count). The van der Waals surface area contributed by atoms with E-state index in [4.69, 9.17) is 15.2 Å². The predicted octanol–water partition coefficient (Wildman–Crippen LogP) is 0.941. The summed E-state index contributed by atoms with van der Waals surface area (Å²) in [6.07, 6.45) is 0.839. The average molecular weight is 259 g/mol. The normalized spacial score (nSPS) is 12.7. The van der Waals surface area contributed by atoms with Crippen LogP contribution in [0, 0.1) is 5.92 Å². The Morgan fingerprint density at radius 3 is 2.00 bits per heavy atom. The van der Waals surface area contributed by atoms with Crippen LogP contribution in [0.15, 0.2) is 0 Å². The number of rotatable bonds is 11. The van der Waals surface area contributed by atoms with Gasteiger partial charge in [0.05, 0.1) is 32.5 Å². The molecule has 0 saturated carbocycles. The van der Waals surface area contributed by atoms with Crippen LogP contribution in [0.3, 0.4) is 0 Å². The van der Waals surface area contributed by atoms with Crippen molar-refractivity contribution in [3.63, 3.8) is 0 Å². The number of Topliss-reactive ketones (excluding diaryl/α,β-unsaturated/α-hetero) is 2. The third-order valence-corrected chi connectivity index (χ3v) is 2.40. The second-order valence-corrected chi connectivity index (χ2v) is 4.73. The van der Waals surface area contributed by atoms with Crippen LogP contribution in [0.4, 0.5) is 0 Å². The zero-order valence-corrected chi connectivity index (χ0v) is 11.6. The van der Waals surface area contributed by atoms with Gasteiger partial charge in [0.1, 0.15) is 11.6 Å². The van der Waals surface area contributed by atoms with E-state index in [-0.39, 0.29) is 23.5 Å². The molecule has 0 aliphatic carbocycles. The monoisotopic (exact) mass is 259 g/mol. The summed E-state index contributed by atoms with van der Waals surface area (Å²) in [7, 11) is 0. The molecule has 0 fully saturated rings. The number of carbonyl (C=O) groups excluding carboxylic acids is 2. The Morgan fingerprint density at radius 2 is 1.56 bits per heavy atom. The van der Waals surface area contributed by atoms with Crippen LogP contribution in [0.25, 0.3) is 0 Å². The van der Waals surface area contributed by atoms with E-state index in [2.05, 4.69) is 0 Å². The zero-order valence-electron chi connectivity index (χ0n) is 11.6. The highest BCUT2D eigenvalue weighted by Gasteiger charge is 2.08. The second-order valence-electron chi connectivity index (χ2n) is 4.73. The third kappa shape index (κ3) is 10.4. The van der Waals surface area contributed by atoms with E-state index in [1.807, 2.05) is 13.8 Å². The van der Waals surface area contributed by atoms with Crippen molar-refractivity contribution in [1.29, 1.82) is 0 Å². The first-order valence-corrected chi connectivity index (χ1v) is 6.36. The van der Waals surface area contributed by atoms with Gasteiger partial charge in [-0.25, -0.2) is 0 Å². The van der Waals surface area contributed by atoms with E-state index in [9.17, 15) is 9.59 Å². The SMILES string of the molecule is CC(=O)CCOCC(N)COCCC(=O)C(C)C. The molecule has 0 radical (unpaired) electrons. The molecule has 5 nitrogen and oxygen atoms in total. The fourth-order valence-electron chi connectivity index (χ4n) is 1.19. The minimum atomic E-state index is -0.217. The maximum absolute atomic E-state index is 11.3. The van der Waals surface area contributed by atoms with E-state index in [1.165, 1.54) is 6.92 Å². The van der Waals surface area contributed by atoms with Crippen LogP contribution < -0.4 is 5.73 Å². The molecule has 0 aromatic carbocycles. The van der Waals surface area contributed by atoms with Gasteiger partial charge in [-0.2, -0.15) is 0 Å². The van der Waals surface area contributed by atoms with Gasteiger partial charge in [-0.05, 0) is 6.92 Å². The van der Waals surface area contributed by atoms with Crippen LogP contribution in [0.5, 0.6) is 0 Å². The highest BCUT2D eigenvalue weighted by atomic mass is 16.5. The summed E-state index contributed by atoms with van der Waals surface area (Å²) in [6.45, 7) is 6.80. The average Bonchev–Trinajstić information content (AvgIpc) is 2.29. The largest absolute Gasteiger partial charge is 0.379 e. The summed E-state index contributed by atoms with van der Waals surface area (Å²) in [6, 6.07) is -0.217. The van der Waals surface area contributed by atoms with Crippen LogP contribution >= 0.6 is 0 Å². The quantitative estimate of drug-likeness (QED) is 0.559. The lowest BCUT2D eigenvalue weighted by Crippen LogP contribution is -2.32. The van der Waals surface area contributed by atoms with Crippen molar-refractivity contribution in [2.45, 2.75) is 39.7 Å². The molecule has 106 valence electrons. The smallest absolute Gasteiger partial charge is 0.137 e. The van der Waals surface area contributed by atoms with E-state index >= 15 is 0 Å². The van der Waals surface area contributed by atoms with Gasteiger partial charge in [-0.3, -0.25) is 9.59 Å². The molecule has 0 aromatic heterocycles. The van der Waals surface area contributed by atoms with Crippen LogP contribution in [0.1, 0.15) is 33.6 Å². The van der Waals surface area contributed by atoms with Gasteiger partial charge in [-0.1, -0.05) is 13.8 Å². The lowest BCUT2D eigenvalue weighted by Gasteiger charge is -2.12. The van der Waals surface area contributed by atoms with E-state index < -0.39 is 0 Å². The Morgan fingerprint density at radius 1 is 1.06 bits per heavy atom. The van der Waals surface area contributed by atoms with Crippen molar-refractivity contribution in [2.75, 3.05) is 26.4 Å². The van der Waals surface area contributed by atoms with Crippen LogP contribution in [-0.2, 0) is 19.1 Å². The number of nitrogens with two attached hydrogens (primary N) is 1. The van der Waals surface area contributed by atoms with Gasteiger partial charge < -0.3 is 15.2 Å². The minimum Gasteiger partial charge on any atom is -0.379 e. The fraction of sp³-hybridized carbons (Fsp3) is 0.846. The van der Waals surface area contributed by atoms with Gasteiger partial charge >= 0.3 is 0 Å². The Kier molecular flexibility index (Phi) is 9.73. The minimum absolute atomic E-state index is 0.0530. The highest BCUT2D eigenvalue weighted by Crippen LogP contribution is 1.99. The molecular formula is C13H25NO4. The molecule has 1 unspecified atom stereocenters. The molecule has 0 amide bonds. The number of hydrogen-bond acceptors (Lipinski definition) is 5. The van der Waals surface area contributed by atoms with Crippen molar-refractivity contribution in [3.8, 4) is 0 Å². The van der Waals surface area contributed by atoms with E-state index in [1.54, 1.807) is 0 Å². The standard InChI is InChI=1S/C13H25NO4/c1-10(2)13(16)5-7-18-9-12(14)8-17-6-4-11(3)15/h10,12H,4-9,14H2,1-3H3. The molecular weight excluding hydrogens is 234 g/mol. The Balaban J connectivity index is 3.39. The first-order chi connectivity index (χ1) is 8.43. The number of ether oxygens (including phenoxy) is 2. The third-order valence-electron chi connectivity index (χ3n) is 2.40. The second kappa shape index (κ2) is 10.2. The first kappa shape index (κ1) is 17.2. The van der Waals surface area contributed by atoms with Gasteiger partial charge in [-0.15, -0.1) is 0 Å². The van der Waals surface area contributed by atoms with Gasteiger partial charge in [0.25, 0.3) is 0 Å². The molecule has 18 heavy (non-hydrogen) atoms. The molecule has 0 aliphatic heterocycles. The molecule has 2 N–H and O–H groups in total. The first-order valence-electron chi connectivity index (χ1n) is 6.36. The van der Waals surface area contributed by atoms with Gasteiger partial charge in [0.2, 0.25) is 0 Å². The van der Waals surface area contributed by atoms with Crippen molar-refractivity contribution in [2.24, 2.45) is 11.7 Å². The summed E-state index contributed by atoms with van der Waals surface area (Å²) in [5.41, 5.74) is 5.75. The number of ketones is 2. The van der Waals surface area contributed by atoms with Crippen LogP contribution in [-0.4, -0.2) is 44.0 Å². The predicted molar refractivity (Wildman–Crippen MR) is 69.4 cm³/mol. The summed E-state index contributed by atoms with van der Waals surface area (Å²) in [4.78, 5) is 21.9. The topological polar surface area (TPSA) is 78.6 Å².